The zero-order valence-corrected chi connectivity index (χ0v) is 20.3. The van der Waals surface area contributed by atoms with Crippen molar-refractivity contribution >= 4 is 22.1 Å². The molecule has 0 aromatic heterocycles. The average Bonchev–Trinajstić information content (AvgIpc) is 2.86. The van der Waals surface area contributed by atoms with E-state index in [1.807, 2.05) is 6.92 Å². The largest absolute Gasteiger partial charge is 0.370 e. The lowest BCUT2D eigenvalue weighted by Crippen LogP contribution is -2.46. The summed E-state index contributed by atoms with van der Waals surface area (Å²) < 4.78 is 55.8. The Balaban J connectivity index is 1.64. The van der Waals surface area contributed by atoms with E-state index < -0.39 is 16.1 Å². The first kappa shape index (κ1) is 23.9. The SMILES string of the molecule is Cc1ccc(S(=O)(=O)N2CC3=C(NC(N)=NC3c3ccc(F)cc3)/C(=C/c3ccc(F)cc3)C2)cc1. The van der Waals surface area contributed by atoms with Gasteiger partial charge in [-0.3, -0.25) is 0 Å². The third kappa shape index (κ3) is 4.67. The van der Waals surface area contributed by atoms with Crippen LogP contribution in [0.15, 0.2) is 99.5 Å². The van der Waals surface area contributed by atoms with Gasteiger partial charge in [-0.15, -0.1) is 0 Å². The molecule has 6 nitrogen and oxygen atoms in total. The van der Waals surface area contributed by atoms with E-state index >= 15 is 0 Å². The number of nitrogens with zero attached hydrogens (tertiary/aromatic N) is 2. The summed E-state index contributed by atoms with van der Waals surface area (Å²) in [5, 5.41) is 3.10. The molecule has 9 heteroatoms. The Kier molecular flexibility index (Phi) is 6.19. The Morgan fingerprint density at radius 2 is 1.56 bits per heavy atom. The van der Waals surface area contributed by atoms with E-state index in [-0.39, 0.29) is 35.6 Å². The van der Waals surface area contributed by atoms with Crippen molar-refractivity contribution in [2.75, 3.05) is 13.1 Å². The Morgan fingerprint density at radius 1 is 0.944 bits per heavy atom. The number of guanidine groups is 1. The maximum absolute atomic E-state index is 13.7. The molecule has 36 heavy (non-hydrogen) atoms. The van der Waals surface area contributed by atoms with Crippen LogP contribution in [-0.4, -0.2) is 31.8 Å². The molecule has 2 aliphatic rings. The van der Waals surface area contributed by atoms with Gasteiger partial charge >= 0.3 is 0 Å². The van der Waals surface area contributed by atoms with Gasteiger partial charge in [0, 0.05) is 18.8 Å². The molecule has 0 amide bonds. The van der Waals surface area contributed by atoms with E-state index in [1.54, 1.807) is 54.6 Å². The summed E-state index contributed by atoms with van der Waals surface area (Å²) in [4.78, 5) is 4.71. The molecular weight excluding hydrogens is 482 g/mol. The van der Waals surface area contributed by atoms with Crippen LogP contribution < -0.4 is 11.1 Å². The molecule has 1 unspecified atom stereocenters. The summed E-state index contributed by atoms with van der Waals surface area (Å²) >= 11 is 0. The van der Waals surface area contributed by atoms with Crippen molar-refractivity contribution in [1.29, 1.82) is 0 Å². The lowest BCUT2D eigenvalue weighted by Gasteiger charge is -2.37. The highest BCUT2D eigenvalue weighted by molar-refractivity contribution is 7.89. The molecule has 0 fully saturated rings. The second-order valence-corrected chi connectivity index (χ2v) is 10.7. The van der Waals surface area contributed by atoms with Crippen molar-refractivity contribution in [2.24, 2.45) is 10.7 Å². The van der Waals surface area contributed by atoms with Gasteiger partial charge < -0.3 is 11.1 Å². The highest BCUT2D eigenvalue weighted by Crippen LogP contribution is 2.38. The Hall–Kier alpha value is -3.82. The van der Waals surface area contributed by atoms with E-state index in [4.69, 9.17) is 5.73 Å². The van der Waals surface area contributed by atoms with Crippen LogP contribution in [0.2, 0.25) is 0 Å². The number of rotatable bonds is 4. The van der Waals surface area contributed by atoms with Crippen molar-refractivity contribution in [3.05, 3.63) is 118 Å². The molecule has 0 saturated heterocycles. The van der Waals surface area contributed by atoms with E-state index in [0.29, 0.717) is 28.0 Å². The highest BCUT2D eigenvalue weighted by Gasteiger charge is 2.37. The minimum absolute atomic E-state index is 0.0676. The second kappa shape index (κ2) is 9.33. The van der Waals surface area contributed by atoms with Gasteiger partial charge in [-0.25, -0.2) is 22.2 Å². The quantitative estimate of drug-likeness (QED) is 0.553. The monoisotopic (exact) mass is 506 g/mol. The predicted molar refractivity (Wildman–Crippen MR) is 135 cm³/mol. The van der Waals surface area contributed by atoms with Crippen LogP contribution in [0.3, 0.4) is 0 Å². The van der Waals surface area contributed by atoms with Crippen molar-refractivity contribution in [1.82, 2.24) is 9.62 Å². The van der Waals surface area contributed by atoms with Gasteiger partial charge in [0.15, 0.2) is 5.96 Å². The molecule has 3 aromatic carbocycles. The molecule has 5 rings (SSSR count). The van der Waals surface area contributed by atoms with Gasteiger partial charge in [0.25, 0.3) is 0 Å². The summed E-state index contributed by atoms with van der Waals surface area (Å²) in [5.41, 5.74) is 10.5. The number of sulfonamides is 1. The smallest absolute Gasteiger partial charge is 0.243 e. The van der Waals surface area contributed by atoms with Gasteiger partial charge in [0.1, 0.15) is 17.7 Å². The van der Waals surface area contributed by atoms with E-state index in [2.05, 4.69) is 10.3 Å². The number of halogens is 2. The van der Waals surface area contributed by atoms with Crippen molar-refractivity contribution in [3.8, 4) is 0 Å². The third-order valence-corrected chi connectivity index (χ3v) is 8.05. The van der Waals surface area contributed by atoms with Gasteiger partial charge in [-0.05, 0) is 71.7 Å². The summed E-state index contributed by atoms with van der Waals surface area (Å²) in [6, 6.07) is 17.9. The molecule has 0 saturated carbocycles. The zero-order chi connectivity index (χ0) is 25.4. The molecule has 1 atom stereocenters. The van der Waals surface area contributed by atoms with Crippen LogP contribution in [0.5, 0.6) is 0 Å². The lowest BCUT2D eigenvalue weighted by atomic mass is 9.90. The number of aliphatic imine (C=N–C) groups is 1. The molecule has 3 N–H and O–H groups in total. The fourth-order valence-corrected chi connectivity index (χ4v) is 5.79. The van der Waals surface area contributed by atoms with Crippen molar-refractivity contribution in [3.63, 3.8) is 0 Å². The van der Waals surface area contributed by atoms with Crippen LogP contribution in [0, 0.1) is 18.6 Å². The van der Waals surface area contributed by atoms with Crippen LogP contribution in [0.1, 0.15) is 22.7 Å². The lowest BCUT2D eigenvalue weighted by molar-refractivity contribution is 0.436. The molecule has 2 aliphatic heterocycles. The molecule has 0 radical (unpaired) electrons. The maximum atomic E-state index is 13.7. The van der Waals surface area contributed by atoms with Crippen molar-refractivity contribution in [2.45, 2.75) is 17.9 Å². The molecule has 3 aromatic rings. The summed E-state index contributed by atoms with van der Waals surface area (Å²) in [6.07, 6.45) is 1.80. The molecule has 184 valence electrons. The number of benzene rings is 3. The molecule has 0 spiro atoms. The van der Waals surface area contributed by atoms with Crippen molar-refractivity contribution < 1.29 is 17.2 Å². The molecular formula is C27H24F2N4O2S. The fourth-order valence-electron chi connectivity index (χ4n) is 4.39. The van der Waals surface area contributed by atoms with Gasteiger partial charge in [0.05, 0.1) is 4.90 Å². The minimum atomic E-state index is -3.86. The summed E-state index contributed by atoms with van der Waals surface area (Å²) in [6.45, 7) is 2.03. The second-order valence-electron chi connectivity index (χ2n) is 8.80. The first-order chi connectivity index (χ1) is 17.2. The van der Waals surface area contributed by atoms with Gasteiger partial charge in [0.2, 0.25) is 10.0 Å². The maximum Gasteiger partial charge on any atom is 0.243 e. The number of aryl methyl sites for hydroxylation is 1. The Morgan fingerprint density at radius 3 is 2.19 bits per heavy atom. The first-order valence-corrected chi connectivity index (χ1v) is 12.8. The Labute approximate surface area is 208 Å². The number of nitrogens with one attached hydrogen (secondary N) is 1. The topological polar surface area (TPSA) is 87.8 Å². The minimum Gasteiger partial charge on any atom is -0.370 e. The van der Waals surface area contributed by atoms with Crippen LogP contribution in [-0.2, 0) is 10.0 Å². The van der Waals surface area contributed by atoms with Gasteiger partial charge in [-0.2, -0.15) is 4.31 Å². The average molecular weight is 507 g/mol. The normalized spacial score (nSPS) is 19.6. The first-order valence-electron chi connectivity index (χ1n) is 11.3. The summed E-state index contributed by atoms with van der Waals surface area (Å²) in [5.74, 6) is -0.585. The summed E-state index contributed by atoms with van der Waals surface area (Å²) in [7, 11) is -3.86. The molecule has 0 aliphatic carbocycles. The number of hydrogen-bond acceptors (Lipinski definition) is 5. The highest BCUT2D eigenvalue weighted by atomic mass is 32.2. The number of hydrogen-bond donors (Lipinski definition) is 2. The van der Waals surface area contributed by atoms with E-state index in [9.17, 15) is 17.2 Å². The van der Waals surface area contributed by atoms with E-state index in [1.165, 1.54) is 28.6 Å². The standard InChI is InChI=1S/C27H24F2N4O2S/c1-17-2-12-23(13-3-17)36(34,35)33-15-20(14-18-4-8-21(28)9-5-18)26-24(16-33)25(31-27(30)32-26)19-6-10-22(29)11-7-19/h2-14,25H,15-16H2,1H3,(H3,30,31,32)/b20-14+. The number of nitrogens with two attached hydrogens (primary N) is 1. The van der Waals surface area contributed by atoms with Crippen LogP contribution >= 0.6 is 0 Å². The fraction of sp³-hybridized carbons (Fsp3) is 0.148. The van der Waals surface area contributed by atoms with Gasteiger partial charge in [-0.1, -0.05) is 42.0 Å². The van der Waals surface area contributed by atoms with E-state index in [0.717, 1.165) is 5.56 Å². The third-order valence-electron chi connectivity index (χ3n) is 6.24. The molecule has 0 bridgehead atoms. The predicted octanol–water partition coefficient (Wildman–Crippen LogP) is 4.27. The van der Waals surface area contributed by atoms with Crippen LogP contribution in [0.4, 0.5) is 8.78 Å². The van der Waals surface area contributed by atoms with Crippen LogP contribution in [0.25, 0.3) is 6.08 Å². The molecule has 2 heterocycles. The zero-order valence-electron chi connectivity index (χ0n) is 19.4. The Bertz CT molecular complexity index is 1490.